The molecule has 1 aliphatic rings. The molecule has 0 amide bonds. The second-order valence-electron chi connectivity index (χ2n) is 6.60. The molecule has 0 bridgehead atoms. The van der Waals surface area contributed by atoms with Gasteiger partial charge in [0.05, 0.1) is 12.7 Å². The lowest BCUT2D eigenvalue weighted by atomic mass is 10.2. The first kappa shape index (κ1) is 21.3. The van der Waals surface area contributed by atoms with Crippen LogP contribution in [0, 0.1) is 5.82 Å². The minimum absolute atomic E-state index is 0.0590. The van der Waals surface area contributed by atoms with Crippen molar-refractivity contribution in [3.8, 4) is 11.5 Å². The van der Waals surface area contributed by atoms with E-state index >= 15 is 0 Å². The standard InChI is InChI=1S/C23H16FNO6S/c1-29-21-5-3-2-4-19(21)22-25-20(23(26)30-22)14-15-6-10-17(11-7-15)31-32(27,28)18-12-8-16(24)9-13-18/h2-14H,1H3/b20-14-. The van der Waals surface area contributed by atoms with Gasteiger partial charge in [-0.05, 0) is 60.2 Å². The van der Waals surface area contributed by atoms with Crippen LogP contribution in [0.15, 0.2) is 88.4 Å². The number of cyclic esters (lactones) is 1. The summed E-state index contributed by atoms with van der Waals surface area (Å²) in [6, 6.07) is 17.3. The Morgan fingerprint density at radius 3 is 2.34 bits per heavy atom. The Labute approximate surface area is 183 Å². The van der Waals surface area contributed by atoms with E-state index in [1.165, 1.54) is 25.3 Å². The monoisotopic (exact) mass is 453 g/mol. The van der Waals surface area contributed by atoms with E-state index in [1.54, 1.807) is 36.4 Å². The van der Waals surface area contributed by atoms with Crippen LogP contribution in [0.25, 0.3) is 6.08 Å². The zero-order chi connectivity index (χ0) is 22.7. The van der Waals surface area contributed by atoms with Crippen LogP contribution in [0.4, 0.5) is 4.39 Å². The summed E-state index contributed by atoms with van der Waals surface area (Å²) in [5.41, 5.74) is 1.20. The average Bonchev–Trinajstić information content (AvgIpc) is 3.15. The molecule has 0 unspecified atom stereocenters. The van der Waals surface area contributed by atoms with Gasteiger partial charge in [-0.3, -0.25) is 0 Å². The fraction of sp³-hybridized carbons (Fsp3) is 0.0435. The first-order valence-electron chi connectivity index (χ1n) is 9.32. The highest BCUT2D eigenvalue weighted by atomic mass is 32.2. The lowest BCUT2D eigenvalue weighted by Gasteiger charge is -2.07. The fourth-order valence-electron chi connectivity index (χ4n) is 2.90. The number of carbonyl (C=O) groups is 1. The molecule has 4 rings (SSSR count). The summed E-state index contributed by atoms with van der Waals surface area (Å²) >= 11 is 0. The molecule has 162 valence electrons. The van der Waals surface area contributed by atoms with Crippen molar-refractivity contribution in [2.45, 2.75) is 4.90 Å². The van der Waals surface area contributed by atoms with E-state index in [1.807, 2.05) is 0 Å². The third-order valence-electron chi connectivity index (χ3n) is 4.45. The molecule has 3 aromatic carbocycles. The van der Waals surface area contributed by atoms with Crippen LogP contribution >= 0.6 is 0 Å². The number of methoxy groups -OCH3 is 1. The average molecular weight is 453 g/mol. The number of hydrogen-bond acceptors (Lipinski definition) is 7. The maximum Gasteiger partial charge on any atom is 0.363 e. The van der Waals surface area contributed by atoms with Crippen molar-refractivity contribution < 1.29 is 31.3 Å². The highest BCUT2D eigenvalue weighted by Crippen LogP contribution is 2.26. The van der Waals surface area contributed by atoms with Crippen LogP contribution in [-0.4, -0.2) is 27.4 Å². The molecule has 7 nitrogen and oxygen atoms in total. The number of para-hydroxylation sites is 1. The van der Waals surface area contributed by atoms with E-state index in [0.717, 1.165) is 24.3 Å². The molecule has 0 aromatic heterocycles. The summed E-state index contributed by atoms with van der Waals surface area (Å²) in [5, 5.41) is 0. The second kappa shape index (κ2) is 8.64. The highest BCUT2D eigenvalue weighted by Gasteiger charge is 2.26. The Morgan fingerprint density at radius 1 is 0.969 bits per heavy atom. The van der Waals surface area contributed by atoms with E-state index in [0.29, 0.717) is 16.9 Å². The molecular formula is C23H16FNO6S. The molecule has 0 aliphatic carbocycles. The summed E-state index contributed by atoms with van der Waals surface area (Å²) in [7, 11) is -2.60. The fourth-order valence-corrected chi connectivity index (χ4v) is 3.83. The van der Waals surface area contributed by atoms with Gasteiger partial charge in [-0.15, -0.1) is 0 Å². The van der Waals surface area contributed by atoms with Crippen molar-refractivity contribution in [3.63, 3.8) is 0 Å². The lowest BCUT2D eigenvalue weighted by Crippen LogP contribution is -2.09. The first-order valence-corrected chi connectivity index (χ1v) is 10.7. The molecule has 0 spiro atoms. The van der Waals surface area contributed by atoms with Gasteiger partial charge in [0.25, 0.3) is 0 Å². The topological polar surface area (TPSA) is 91.3 Å². The zero-order valence-electron chi connectivity index (χ0n) is 16.7. The number of rotatable bonds is 6. The van der Waals surface area contributed by atoms with Crippen LogP contribution in [0.1, 0.15) is 11.1 Å². The summed E-state index contributed by atoms with van der Waals surface area (Å²) in [6.07, 6.45) is 1.50. The summed E-state index contributed by atoms with van der Waals surface area (Å²) in [6.45, 7) is 0. The maximum atomic E-state index is 13.0. The number of carbonyl (C=O) groups excluding carboxylic acids is 1. The molecule has 0 saturated carbocycles. The molecule has 1 heterocycles. The van der Waals surface area contributed by atoms with Crippen LogP contribution in [-0.2, 0) is 19.6 Å². The number of halogens is 1. The number of ether oxygens (including phenoxy) is 2. The molecule has 0 fully saturated rings. The van der Waals surface area contributed by atoms with Crippen molar-refractivity contribution in [1.82, 2.24) is 0 Å². The second-order valence-corrected chi connectivity index (χ2v) is 8.14. The highest BCUT2D eigenvalue weighted by molar-refractivity contribution is 7.87. The van der Waals surface area contributed by atoms with Gasteiger partial charge in [-0.2, -0.15) is 8.42 Å². The lowest BCUT2D eigenvalue weighted by molar-refractivity contribution is -0.129. The van der Waals surface area contributed by atoms with Gasteiger partial charge >= 0.3 is 16.1 Å². The minimum Gasteiger partial charge on any atom is -0.496 e. The van der Waals surface area contributed by atoms with E-state index in [2.05, 4.69) is 4.99 Å². The van der Waals surface area contributed by atoms with Gasteiger partial charge < -0.3 is 13.7 Å². The van der Waals surface area contributed by atoms with Gasteiger partial charge in [-0.1, -0.05) is 24.3 Å². The molecule has 9 heteroatoms. The van der Waals surface area contributed by atoms with E-state index in [-0.39, 0.29) is 22.2 Å². The normalized spacial score (nSPS) is 14.8. The number of hydrogen-bond donors (Lipinski definition) is 0. The van der Waals surface area contributed by atoms with Gasteiger partial charge in [0.15, 0.2) is 5.70 Å². The van der Waals surface area contributed by atoms with E-state index < -0.39 is 21.9 Å². The first-order chi connectivity index (χ1) is 15.4. The minimum atomic E-state index is -4.11. The number of aliphatic imine (C=N–C) groups is 1. The van der Waals surface area contributed by atoms with Crippen LogP contribution < -0.4 is 8.92 Å². The molecule has 0 saturated heterocycles. The van der Waals surface area contributed by atoms with E-state index in [9.17, 15) is 17.6 Å². The molecular weight excluding hydrogens is 437 g/mol. The number of nitrogens with zero attached hydrogens (tertiary/aromatic N) is 1. The zero-order valence-corrected chi connectivity index (χ0v) is 17.5. The molecule has 0 atom stereocenters. The van der Waals surface area contributed by atoms with Crippen molar-refractivity contribution in [2.24, 2.45) is 4.99 Å². The van der Waals surface area contributed by atoms with Gasteiger partial charge in [0.2, 0.25) is 5.90 Å². The van der Waals surface area contributed by atoms with Crippen molar-refractivity contribution >= 4 is 28.1 Å². The van der Waals surface area contributed by atoms with Crippen LogP contribution in [0.2, 0.25) is 0 Å². The van der Waals surface area contributed by atoms with Crippen LogP contribution in [0.5, 0.6) is 11.5 Å². The molecule has 0 N–H and O–H groups in total. The van der Waals surface area contributed by atoms with Crippen molar-refractivity contribution in [2.75, 3.05) is 7.11 Å². The summed E-state index contributed by atoms with van der Waals surface area (Å²) in [4.78, 5) is 16.3. The third kappa shape index (κ3) is 4.52. The Morgan fingerprint density at radius 2 is 1.66 bits per heavy atom. The summed E-state index contributed by atoms with van der Waals surface area (Å²) in [5.74, 6) is -0.467. The van der Waals surface area contributed by atoms with Crippen molar-refractivity contribution in [3.05, 3.63) is 95.4 Å². The largest absolute Gasteiger partial charge is 0.496 e. The van der Waals surface area contributed by atoms with Crippen molar-refractivity contribution in [1.29, 1.82) is 0 Å². The van der Waals surface area contributed by atoms with E-state index in [4.69, 9.17) is 13.7 Å². The summed E-state index contributed by atoms with van der Waals surface area (Å²) < 4.78 is 53.2. The maximum absolute atomic E-state index is 13.0. The molecule has 3 aromatic rings. The SMILES string of the molecule is COc1ccccc1C1=N/C(=C\c2ccc(OS(=O)(=O)c3ccc(F)cc3)cc2)C(=O)O1. The molecule has 32 heavy (non-hydrogen) atoms. The Kier molecular flexibility index (Phi) is 5.74. The Balaban J connectivity index is 1.53. The van der Waals surface area contributed by atoms with Gasteiger partial charge in [0, 0.05) is 0 Å². The Bertz CT molecular complexity index is 1330. The predicted molar refractivity (Wildman–Crippen MR) is 114 cm³/mol. The quantitative estimate of drug-likeness (QED) is 0.319. The molecule has 1 aliphatic heterocycles. The van der Waals surface area contributed by atoms with Crippen LogP contribution in [0.3, 0.4) is 0 Å². The Hall–Kier alpha value is -3.98. The smallest absolute Gasteiger partial charge is 0.363 e. The number of esters is 1. The third-order valence-corrected chi connectivity index (χ3v) is 5.71. The predicted octanol–water partition coefficient (Wildman–Crippen LogP) is 3.95. The van der Waals surface area contributed by atoms with Gasteiger partial charge in [0.1, 0.15) is 22.2 Å². The molecule has 0 radical (unpaired) electrons. The number of benzene rings is 3. The van der Waals surface area contributed by atoms with Gasteiger partial charge in [-0.25, -0.2) is 14.2 Å².